The first-order valence-corrected chi connectivity index (χ1v) is 11.3. The Bertz CT molecular complexity index is 1450. The molecule has 9 nitrogen and oxygen atoms in total. The van der Waals surface area contributed by atoms with Crippen LogP contribution in [0.1, 0.15) is 22.8 Å². The van der Waals surface area contributed by atoms with Crippen LogP contribution in [0.15, 0.2) is 89.2 Å². The van der Waals surface area contributed by atoms with Crippen molar-refractivity contribution in [2.45, 2.75) is 6.92 Å². The molecule has 1 aromatic heterocycles. The van der Waals surface area contributed by atoms with Crippen LogP contribution < -0.4 is 27.0 Å². The van der Waals surface area contributed by atoms with Crippen LogP contribution in [-0.2, 0) is 0 Å². The number of nitrogens with two attached hydrogens (primary N) is 2. The minimum atomic E-state index is -0.220. The minimum absolute atomic E-state index is 0.118. The van der Waals surface area contributed by atoms with Gasteiger partial charge in [-0.25, -0.2) is 0 Å². The third-order valence-corrected chi connectivity index (χ3v) is 5.52. The Morgan fingerprint density at radius 1 is 0.889 bits per heavy atom. The molecule has 0 unspecified atom stereocenters. The Kier molecular flexibility index (Phi) is 7.10. The molecule has 0 aliphatic heterocycles. The molecule has 0 saturated heterocycles. The van der Waals surface area contributed by atoms with E-state index in [4.69, 9.17) is 11.5 Å². The summed E-state index contributed by atoms with van der Waals surface area (Å²) in [7, 11) is 4.01. The van der Waals surface area contributed by atoms with E-state index in [9.17, 15) is 4.79 Å². The first-order chi connectivity index (χ1) is 17.3. The van der Waals surface area contributed by atoms with Crippen molar-refractivity contribution in [3.63, 3.8) is 0 Å². The Morgan fingerprint density at radius 3 is 2.39 bits per heavy atom. The number of amides is 1. The lowest BCUT2D eigenvalue weighted by Crippen LogP contribution is -2.22. The Hall–Kier alpha value is -4.92. The second-order valence-electron chi connectivity index (χ2n) is 8.40. The predicted molar refractivity (Wildman–Crippen MR) is 148 cm³/mol. The van der Waals surface area contributed by atoms with Crippen molar-refractivity contribution in [3.8, 4) is 0 Å². The number of benzene rings is 3. The topological polar surface area (TPSA) is 134 Å². The summed E-state index contributed by atoms with van der Waals surface area (Å²) in [6, 6.07) is 22.7. The SMILES string of the molecule is C/C(=N/N=C(N)N)c1cccc(NC(=O)c2ccc(Nc3ccnc4ccc(N(C)C)cc34)cc2)c1. The summed E-state index contributed by atoms with van der Waals surface area (Å²) in [5, 5.41) is 15.0. The summed E-state index contributed by atoms with van der Waals surface area (Å²) in [5.41, 5.74) is 17.0. The zero-order chi connectivity index (χ0) is 25.7. The zero-order valence-electron chi connectivity index (χ0n) is 20.4. The molecule has 182 valence electrons. The van der Waals surface area contributed by atoms with Crippen LogP contribution in [0.3, 0.4) is 0 Å². The third-order valence-electron chi connectivity index (χ3n) is 5.52. The molecule has 0 radical (unpaired) electrons. The zero-order valence-corrected chi connectivity index (χ0v) is 20.4. The first kappa shape index (κ1) is 24.2. The van der Waals surface area contributed by atoms with Crippen molar-refractivity contribution >= 4 is 51.2 Å². The molecule has 0 aliphatic rings. The van der Waals surface area contributed by atoms with Gasteiger partial charge in [0.15, 0.2) is 0 Å². The van der Waals surface area contributed by atoms with Crippen molar-refractivity contribution in [3.05, 3.63) is 90.1 Å². The minimum Gasteiger partial charge on any atom is -0.378 e. The number of carbonyl (C=O) groups is 1. The molecular weight excluding hydrogens is 452 g/mol. The molecule has 4 aromatic rings. The van der Waals surface area contributed by atoms with Gasteiger partial charge in [-0.3, -0.25) is 9.78 Å². The number of hydrogen-bond acceptors (Lipinski definition) is 6. The predicted octanol–water partition coefficient (Wildman–Crippen LogP) is 4.29. The quantitative estimate of drug-likeness (QED) is 0.177. The monoisotopic (exact) mass is 480 g/mol. The Morgan fingerprint density at radius 2 is 1.67 bits per heavy atom. The molecule has 36 heavy (non-hydrogen) atoms. The van der Waals surface area contributed by atoms with Crippen LogP contribution in [-0.4, -0.2) is 36.7 Å². The number of nitrogens with zero attached hydrogens (tertiary/aromatic N) is 4. The first-order valence-electron chi connectivity index (χ1n) is 11.3. The van der Waals surface area contributed by atoms with Crippen molar-refractivity contribution in [2.75, 3.05) is 29.6 Å². The van der Waals surface area contributed by atoms with E-state index in [2.05, 4.69) is 36.8 Å². The van der Waals surface area contributed by atoms with Gasteiger partial charge in [-0.15, -0.1) is 5.10 Å². The molecule has 9 heteroatoms. The van der Waals surface area contributed by atoms with Crippen molar-refractivity contribution in [1.29, 1.82) is 0 Å². The highest BCUT2D eigenvalue weighted by Crippen LogP contribution is 2.28. The molecule has 6 N–H and O–H groups in total. The smallest absolute Gasteiger partial charge is 0.255 e. The van der Waals surface area contributed by atoms with E-state index in [1.165, 1.54) is 0 Å². The van der Waals surface area contributed by atoms with Gasteiger partial charge in [0.2, 0.25) is 5.96 Å². The highest BCUT2D eigenvalue weighted by molar-refractivity contribution is 6.06. The number of anilines is 4. The third kappa shape index (κ3) is 5.76. The molecule has 0 bridgehead atoms. The molecule has 0 atom stereocenters. The second kappa shape index (κ2) is 10.6. The van der Waals surface area contributed by atoms with Gasteiger partial charge in [0.1, 0.15) is 0 Å². The lowest BCUT2D eigenvalue weighted by atomic mass is 10.1. The summed E-state index contributed by atoms with van der Waals surface area (Å²) >= 11 is 0. The van der Waals surface area contributed by atoms with Gasteiger partial charge in [-0.05, 0) is 73.2 Å². The maximum absolute atomic E-state index is 12.8. The second-order valence-corrected chi connectivity index (χ2v) is 8.40. The van der Waals surface area contributed by atoms with E-state index in [1.807, 2.05) is 68.7 Å². The fraction of sp³-hybridized carbons (Fsp3) is 0.111. The van der Waals surface area contributed by atoms with Crippen LogP contribution in [0.25, 0.3) is 10.9 Å². The van der Waals surface area contributed by atoms with E-state index in [1.54, 1.807) is 25.3 Å². The number of guanidine groups is 1. The molecule has 4 rings (SSSR count). The maximum Gasteiger partial charge on any atom is 0.255 e. The standard InChI is InChI=1S/C27H28N8O/c1-17(33-34-27(28)29)19-5-4-6-21(15-19)32-26(36)18-7-9-20(10-8-18)31-25-13-14-30-24-12-11-22(35(2)3)16-23(24)25/h4-16H,1-3H3,(H,30,31)(H,32,36)(H4,28,29,34)/b33-17-. The number of aromatic nitrogens is 1. The van der Waals surface area contributed by atoms with Gasteiger partial charge < -0.3 is 27.0 Å². The highest BCUT2D eigenvalue weighted by Gasteiger charge is 2.09. The summed E-state index contributed by atoms with van der Waals surface area (Å²) in [6.45, 7) is 1.78. The number of nitrogens with one attached hydrogen (secondary N) is 2. The van der Waals surface area contributed by atoms with Crippen LogP contribution in [0.5, 0.6) is 0 Å². The van der Waals surface area contributed by atoms with Crippen LogP contribution in [0, 0.1) is 0 Å². The van der Waals surface area contributed by atoms with Gasteiger partial charge in [-0.1, -0.05) is 12.1 Å². The number of carbonyl (C=O) groups excluding carboxylic acids is 1. The molecule has 0 aliphatic carbocycles. The van der Waals surface area contributed by atoms with Gasteiger partial charge in [0, 0.05) is 54.0 Å². The highest BCUT2D eigenvalue weighted by atomic mass is 16.1. The average Bonchev–Trinajstić information content (AvgIpc) is 2.87. The summed E-state index contributed by atoms with van der Waals surface area (Å²) in [5.74, 6) is -0.338. The van der Waals surface area contributed by atoms with Crippen molar-refractivity contribution in [1.82, 2.24) is 4.98 Å². The number of rotatable bonds is 7. The molecule has 0 spiro atoms. The summed E-state index contributed by atoms with van der Waals surface area (Å²) in [4.78, 5) is 19.3. The fourth-order valence-corrected chi connectivity index (χ4v) is 3.60. The van der Waals surface area contributed by atoms with Crippen LogP contribution in [0.4, 0.5) is 22.7 Å². The molecule has 3 aromatic carbocycles. The van der Waals surface area contributed by atoms with Gasteiger partial charge in [0.25, 0.3) is 5.91 Å². The van der Waals surface area contributed by atoms with E-state index < -0.39 is 0 Å². The van der Waals surface area contributed by atoms with Crippen molar-refractivity contribution in [2.24, 2.45) is 21.7 Å². The average molecular weight is 481 g/mol. The molecule has 1 heterocycles. The molecule has 1 amide bonds. The number of pyridine rings is 1. The van der Waals surface area contributed by atoms with E-state index in [0.29, 0.717) is 17.0 Å². The summed E-state index contributed by atoms with van der Waals surface area (Å²) in [6.07, 6.45) is 1.78. The van der Waals surface area contributed by atoms with Crippen molar-refractivity contribution < 1.29 is 4.79 Å². The Balaban J connectivity index is 1.48. The maximum atomic E-state index is 12.8. The van der Waals surface area contributed by atoms with E-state index >= 15 is 0 Å². The number of hydrogen-bond donors (Lipinski definition) is 4. The largest absolute Gasteiger partial charge is 0.378 e. The van der Waals surface area contributed by atoms with Crippen LogP contribution >= 0.6 is 0 Å². The normalized spacial score (nSPS) is 11.1. The summed E-state index contributed by atoms with van der Waals surface area (Å²) < 4.78 is 0. The van der Waals surface area contributed by atoms with E-state index in [-0.39, 0.29) is 11.9 Å². The molecular formula is C27H28N8O. The lowest BCUT2D eigenvalue weighted by Gasteiger charge is -2.15. The fourth-order valence-electron chi connectivity index (χ4n) is 3.60. The van der Waals surface area contributed by atoms with E-state index in [0.717, 1.165) is 33.5 Å². The molecule has 0 saturated carbocycles. The lowest BCUT2D eigenvalue weighted by molar-refractivity contribution is 0.102. The van der Waals surface area contributed by atoms with Crippen LogP contribution in [0.2, 0.25) is 0 Å². The van der Waals surface area contributed by atoms with Gasteiger partial charge in [-0.2, -0.15) is 5.10 Å². The number of fused-ring (bicyclic) bond motifs is 1. The molecule has 0 fully saturated rings. The van der Waals surface area contributed by atoms with Gasteiger partial charge in [0.05, 0.1) is 11.2 Å². The van der Waals surface area contributed by atoms with Gasteiger partial charge >= 0.3 is 0 Å². The Labute approximate surface area is 209 Å².